The molecule has 1 aliphatic heterocycles. The predicted molar refractivity (Wildman–Crippen MR) is 118 cm³/mol. The molecule has 0 atom stereocenters. The van der Waals surface area contributed by atoms with Crippen molar-refractivity contribution in [1.29, 1.82) is 0 Å². The van der Waals surface area contributed by atoms with Crippen LogP contribution in [0, 0.1) is 0 Å². The molecule has 0 unspecified atom stereocenters. The second-order valence-electron chi connectivity index (χ2n) is 7.49. The van der Waals surface area contributed by atoms with Crippen molar-refractivity contribution in [2.24, 2.45) is 0 Å². The molecule has 3 aromatic rings. The average Bonchev–Trinajstić information content (AvgIpc) is 2.78. The molecule has 0 spiro atoms. The van der Waals surface area contributed by atoms with Crippen LogP contribution in [-0.4, -0.2) is 61.4 Å². The number of anilines is 1. The lowest BCUT2D eigenvalue weighted by Gasteiger charge is -2.32. The van der Waals surface area contributed by atoms with E-state index in [1.165, 1.54) is 0 Å². The molecule has 4 rings (SSSR count). The number of para-hydroxylation sites is 1. The Bertz CT molecular complexity index is 1060. The Balaban J connectivity index is 1.40. The molecular weight excluding hydrogens is 378 g/mol. The third-order valence-electron chi connectivity index (χ3n) is 5.31. The molecule has 0 bridgehead atoms. The van der Waals surface area contributed by atoms with Crippen molar-refractivity contribution in [1.82, 2.24) is 9.80 Å². The quantitative estimate of drug-likeness (QED) is 0.711. The van der Waals surface area contributed by atoms with Gasteiger partial charge in [0, 0.05) is 26.2 Å². The van der Waals surface area contributed by atoms with Gasteiger partial charge >= 0.3 is 0 Å². The topological polar surface area (TPSA) is 61.9 Å². The molecule has 154 valence electrons. The zero-order valence-corrected chi connectivity index (χ0v) is 17.0. The van der Waals surface area contributed by atoms with Gasteiger partial charge in [-0.1, -0.05) is 42.5 Å². The molecule has 1 N–H and O–H groups in total. The minimum Gasteiger partial charge on any atom is -0.484 e. The van der Waals surface area contributed by atoms with E-state index in [4.69, 9.17) is 4.74 Å². The molecule has 0 radical (unpaired) electrons. The third kappa shape index (κ3) is 4.60. The van der Waals surface area contributed by atoms with Crippen LogP contribution < -0.4 is 10.1 Å². The van der Waals surface area contributed by atoms with Gasteiger partial charge in [-0.2, -0.15) is 0 Å². The van der Waals surface area contributed by atoms with Gasteiger partial charge < -0.3 is 19.9 Å². The lowest BCUT2D eigenvalue weighted by Crippen LogP contribution is -2.47. The van der Waals surface area contributed by atoms with Gasteiger partial charge in [0.2, 0.25) is 0 Å². The number of amides is 2. The highest BCUT2D eigenvalue weighted by Gasteiger charge is 2.22. The smallest absolute Gasteiger partial charge is 0.262 e. The maximum atomic E-state index is 12.9. The molecule has 1 aliphatic rings. The van der Waals surface area contributed by atoms with E-state index in [1.807, 2.05) is 60.5 Å². The number of ether oxygens (including phenoxy) is 1. The molecule has 2 amide bonds. The first-order chi connectivity index (χ1) is 14.6. The first kappa shape index (κ1) is 19.9. The lowest BCUT2D eigenvalue weighted by molar-refractivity contribution is -0.118. The molecular formula is C24H25N3O3. The molecule has 30 heavy (non-hydrogen) atoms. The zero-order valence-electron chi connectivity index (χ0n) is 17.0. The van der Waals surface area contributed by atoms with Crippen LogP contribution >= 0.6 is 0 Å². The number of hydrogen-bond acceptors (Lipinski definition) is 4. The van der Waals surface area contributed by atoms with Crippen molar-refractivity contribution in [3.63, 3.8) is 0 Å². The highest BCUT2D eigenvalue weighted by atomic mass is 16.5. The first-order valence-electron chi connectivity index (χ1n) is 10.1. The number of carbonyl (C=O) groups is 2. The summed E-state index contributed by atoms with van der Waals surface area (Å²) < 4.78 is 5.66. The van der Waals surface area contributed by atoms with Crippen LogP contribution in [-0.2, 0) is 4.79 Å². The molecule has 0 aliphatic carbocycles. The van der Waals surface area contributed by atoms with Crippen LogP contribution in [0.2, 0.25) is 0 Å². The van der Waals surface area contributed by atoms with E-state index in [2.05, 4.69) is 10.2 Å². The molecule has 6 heteroatoms. The highest BCUT2D eigenvalue weighted by molar-refractivity contribution is 6.04. The van der Waals surface area contributed by atoms with Crippen molar-refractivity contribution >= 4 is 28.3 Å². The Morgan fingerprint density at radius 3 is 2.40 bits per heavy atom. The Kier molecular flexibility index (Phi) is 5.95. The molecule has 0 saturated carbocycles. The maximum absolute atomic E-state index is 12.9. The summed E-state index contributed by atoms with van der Waals surface area (Å²) in [5.41, 5.74) is 1.01. The fraction of sp³-hybridized carbons (Fsp3) is 0.250. The zero-order chi connectivity index (χ0) is 20.9. The Morgan fingerprint density at radius 2 is 1.60 bits per heavy atom. The van der Waals surface area contributed by atoms with E-state index in [-0.39, 0.29) is 18.4 Å². The summed E-state index contributed by atoms with van der Waals surface area (Å²) in [5, 5.41) is 5.00. The third-order valence-corrected chi connectivity index (χ3v) is 5.31. The van der Waals surface area contributed by atoms with Gasteiger partial charge in [-0.15, -0.1) is 0 Å². The minimum atomic E-state index is -0.304. The number of nitrogens with zero attached hydrogens (tertiary/aromatic N) is 2. The summed E-state index contributed by atoms with van der Waals surface area (Å²) in [5.74, 6) is 0.266. The Hall–Kier alpha value is -3.38. The Labute approximate surface area is 176 Å². The van der Waals surface area contributed by atoms with Crippen molar-refractivity contribution < 1.29 is 14.3 Å². The summed E-state index contributed by atoms with van der Waals surface area (Å²) >= 11 is 0. The number of fused-ring (bicyclic) bond motifs is 1. The summed E-state index contributed by atoms with van der Waals surface area (Å²) in [7, 11) is 2.05. The fourth-order valence-electron chi connectivity index (χ4n) is 3.55. The maximum Gasteiger partial charge on any atom is 0.262 e. The normalized spacial score (nSPS) is 14.5. The van der Waals surface area contributed by atoms with E-state index in [9.17, 15) is 9.59 Å². The van der Waals surface area contributed by atoms with Crippen molar-refractivity contribution in [3.05, 3.63) is 72.3 Å². The van der Waals surface area contributed by atoms with Gasteiger partial charge in [0.05, 0.1) is 11.3 Å². The number of hydrogen-bond donors (Lipinski definition) is 1. The van der Waals surface area contributed by atoms with Crippen LogP contribution in [0.25, 0.3) is 10.8 Å². The summed E-state index contributed by atoms with van der Waals surface area (Å²) in [6.45, 7) is 2.93. The highest BCUT2D eigenvalue weighted by Crippen LogP contribution is 2.21. The van der Waals surface area contributed by atoms with Gasteiger partial charge in [-0.05, 0) is 42.1 Å². The van der Waals surface area contributed by atoms with Gasteiger partial charge in [0.25, 0.3) is 11.8 Å². The van der Waals surface area contributed by atoms with Crippen LogP contribution in [0.4, 0.5) is 5.69 Å². The van der Waals surface area contributed by atoms with E-state index in [0.717, 1.165) is 23.9 Å². The van der Waals surface area contributed by atoms with Crippen LogP contribution in [0.1, 0.15) is 10.4 Å². The van der Waals surface area contributed by atoms with Crippen molar-refractivity contribution in [3.8, 4) is 5.75 Å². The number of piperazine rings is 1. The number of carbonyl (C=O) groups excluding carboxylic acids is 2. The molecule has 0 aromatic heterocycles. The molecule has 6 nitrogen and oxygen atoms in total. The lowest BCUT2D eigenvalue weighted by atomic mass is 10.1. The SMILES string of the molecule is CN1CCN(C(=O)c2ccccc2NC(=O)COc2ccc3ccccc3c2)CC1. The summed E-state index contributed by atoms with van der Waals surface area (Å²) in [6, 6.07) is 20.8. The largest absolute Gasteiger partial charge is 0.484 e. The van der Waals surface area contributed by atoms with E-state index in [1.54, 1.807) is 18.2 Å². The summed E-state index contributed by atoms with van der Waals surface area (Å²) in [6.07, 6.45) is 0. The average molecular weight is 403 g/mol. The monoisotopic (exact) mass is 403 g/mol. The standard InChI is InChI=1S/C24H25N3O3/c1-26-12-14-27(15-13-26)24(29)21-8-4-5-9-22(21)25-23(28)17-30-20-11-10-18-6-2-3-7-19(18)16-20/h2-11,16H,12-15,17H2,1H3,(H,25,28). The molecule has 1 fully saturated rings. The number of rotatable bonds is 5. The van der Waals surface area contributed by atoms with Crippen LogP contribution in [0.15, 0.2) is 66.7 Å². The molecule has 1 saturated heterocycles. The number of benzene rings is 3. The van der Waals surface area contributed by atoms with Gasteiger partial charge in [0.15, 0.2) is 6.61 Å². The minimum absolute atomic E-state index is 0.0607. The molecule has 1 heterocycles. The van der Waals surface area contributed by atoms with Crippen LogP contribution in [0.5, 0.6) is 5.75 Å². The number of likely N-dealkylation sites (N-methyl/N-ethyl adjacent to an activating group) is 1. The molecule has 3 aromatic carbocycles. The van der Waals surface area contributed by atoms with Gasteiger partial charge in [0.1, 0.15) is 5.75 Å². The van der Waals surface area contributed by atoms with Gasteiger partial charge in [-0.3, -0.25) is 9.59 Å². The van der Waals surface area contributed by atoms with Crippen molar-refractivity contribution in [2.45, 2.75) is 0 Å². The van der Waals surface area contributed by atoms with E-state index in [0.29, 0.717) is 30.1 Å². The summed E-state index contributed by atoms with van der Waals surface area (Å²) in [4.78, 5) is 29.4. The second kappa shape index (κ2) is 8.97. The second-order valence-corrected chi connectivity index (χ2v) is 7.49. The van der Waals surface area contributed by atoms with Crippen LogP contribution in [0.3, 0.4) is 0 Å². The fourth-order valence-corrected chi connectivity index (χ4v) is 3.55. The number of nitrogens with one attached hydrogen (secondary N) is 1. The Morgan fingerprint density at radius 1 is 0.900 bits per heavy atom. The van der Waals surface area contributed by atoms with Crippen molar-refractivity contribution in [2.75, 3.05) is 45.2 Å². The van der Waals surface area contributed by atoms with Gasteiger partial charge in [-0.25, -0.2) is 0 Å². The van der Waals surface area contributed by atoms with E-state index >= 15 is 0 Å². The van der Waals surface area contributed by atoms with E-state index < -0.39 is 0 Å². The first-order valence-corrected chi connectivity index (χ1v) is 10.1. The predicted octanol–water partition coefficient (Wildman–Crippen LogP) is 3.24.